The van der Waals surface area contributed by atoms with E-state index >= 15 is 4.39 Å². The minimum atomic E-state index is -0.563. The molecule has 2 saturated heterocycles. The topological polar surface area (TPSA) is 76.3 Å². The van der Waals surface area contributed by atoms with Crippen LogP contribution in [-0.2, 0) is 0 Å². The molecule has 7 rings (SSSR count). The number of hydrogen-bond acceptors (Lipinski definition) is 6. The highest BCUT2D eigenvalue weighted by atomic mass is 127. The van der Waals surface area contributed by atoms with Crippen LogP contribution in [-0.4, -0.2) is 40.7 Å². The van der Waals surface area contributed by atoms with Crippen LogP contribution in [0.4, 0.5) is 20.3 Å². The SMILES string of the molecule is C#Cc1c(F)ccc2cc(N)cc(-c3nc4c5c(nc(C)c(I)c5c3F)N3C[C@H]5CC[C@H](N5)[C@H]3[C@H](C)O4)c12. The van der Waals surface area contributed by atoms with Crippen LogP contribution in [0.1, 0.15) is 31.0 Å². The van der Waals surface area contributed by atoms with Crippen LogP contribution in [0, 0.1) is 34.5 Å². The number of nitrogens with zero attached hydrogens (tertiary/aromatic N) is 3. The van der Waals surface area contributed by atoms with Crippen LogP contribution >= 0.6 is 22.6 Å². The Hall–Kier alpha value is -3.23. The molecule has 3 aliphatic rings. The van der Waals surface area contributed by atoms with Crippen molar-refractivity contribution in [2.24, 2.45) is 0 Å². The van der Waals surface area contributed by atoms with Crippen molar-refractivity contribution in [3.05, 3.63) is 50.7 Å². The number of nitrogens with one attached hydrogen (secondary N) is 1. The second-order valence-electron chi connectivity index (χ2n) is 10.4. The second-order valence-corrected chi connectivity index (χ2v) is 11.5. The summed E-state index contributed by atoms with van der Waals surface area (Å²) in [6, 6.07) is 6.81. The van der Waals surface area contributed by atoms with Gasteiger partial charge in [-0.1, -0.05) is 12.0 Å². The average Bonchev–Trinajstić information content (AvgIpc) is 3.21. The van der Waals surface area contributed by atoms with E-state index in [1.807, 2.05) is 13.8 Å². The lowest BCUT2D eigenvalue weighted by Gasteiger charge is -2.43. The smallest absolute Gasteiger partial charge is 0.226 e. The predicted octanol–water partition coefficient (Wildman–Crippen LogP) is 5.29. The summed E-state index contributed by atoms with van der Waals surface area (Å²) in [7, 11) is 0. The molecule has 3 aliphatic heterocycles. The molecule has 2 fully saturated rings. The van der Waals surface area contributed by atoms with Crippen LogP contribution in [0.3, 0.4) is 0 Å². The standard InChI is InChI=1S/C29H24F2IN5O/c1-4-17-19(30)7-5-14-9-15(33)10-18(21(14)17)26-24(31)22-23-28(34-12(2)25(22)32)37-11-16-6-8-20(35-16)27(37)13(3)38-29(23)36-26/h1,5,7,9-10,13,16,20,27,35H,6,8,11,33H2,2-3H3/t13-,16+,20-,27+/m0/s1. The van der Waals surface area contributed by atoms with Crippen molar-refractivity contribution in [1.29, 1.82) is 0 Å². The highest BCUT2D eigenvalue weighted by Gasteiger charge is 2.47. The molecule has 2 aromatic carbocycles. The zero-order chi connectivity index (χ0) is 26.5. The van der Waals surface area contributed by atoms with Gasteiger partial charge in [0.05, 0.1) is 22.7 Å². The zero-order valence-corrected chi connectivity index (χ0v) is 22.9. The molecule has 0 spiro atoms. The Morgan fingerprint density at radius 2 is 2.00 bits per heavy atom. The third kappa shape index (κ3) is 3.26. The molecule has 38 heavy (non-hydrogen) atoms. The van der Waals surface area contributed by atoms with Gasteiger partial charge in [0.1, 0.15) is 23.4 Å². The quantitative estimate of drug-likeness (QED) is 0.171. The first-order chi connectivity index (χ1) is 18.3. The van der Waals surface area contributed by atoms with E-state index in [1.165, 1.54) is 6.07 Å². The molecule has 3 N–H and O–H groups in total. The minimum absolute atomic E-state index is 0.0214. The van der Waals surface area contributed by atoms with Crippen LogP contribution in [0.25, 0.3) is 32.8 Å². The summed E-state index contributed by atoms with van der Waals surface area (Å²) in [6.45, 7) is 4.68. The third-order valence-electron chi connectivity index (χ3n) is 8.14. The molecule has 5 heterocycles. The number of nitrogen functional groups attached to an aromatic ring is 1. The molecular formula is C29H24F2IN5O. The largest absolute Gasteiger partial charge is 0.472 e. The maximum atomic E-state index is 16.8. The van der Waals surface area contributed by atoms with Gasteiger partial charge in [-0.15, -0.1) is 6.42 Å². The molecule has 0 aliphatic carbocycles. The molecule has 0 amide bonds. The fourth-order valence-electron chi connectivity index (χ4n) is 6.56. The first kappa shape index (κ1) is 23.9. The maximum Gasteiger partial charge on any atom is 0.226 e. The molecule has 192 valence electrons. The first-order valence-electron chi connectivity index (χ1n) is 12.6. The summed E-state index contributed by atoms with van der Waals surface area (Å²) in [5, 5.41) is 5.66. The molecule has 2 aromatic heterocycles. The number of nitrogens with two attached hydrogens (primary N) is 1. The number of aryl methyl sites for hydroxylation is 1. The summed E-state index contributed by atoms with van der Waals surface area (Å²) in [6.07, 6.45) is 7.62. The molecule has 2 bridgehead atoms. The van der Waals surface area contributed by atoms with Crippen molar-refractivity contribution in [1.82, 2.24) is 15.3 Å². The van der Waals surface area contributed by atoms with E-state index in [2.05, 4.69) is 38.7 Å². The van der Waals surface area contributed by atoms with Crippen molar-refractivity contribution >= 4 is 55.6 Å². The first-order valence-corrected chi connectivity index (χ1v) is 13.7. The number of terminal acetylenes is 1. The lowest BCUT2D eigenvalue weighted by molar-refractivity contribution is 0.155. The van der Waals surface area contributed by atoms with E-state index < -0.39 is 11.6 Å². The summed E-state index contributed by atoms with van der Waals surface area (Å²) >= 11 is 2.13. The zero-order valence-electron chi connectivity index (χ0n) is 20.8. The molecule has 9 heteroatoms. The Bertz CT molecular complexity index is 1740. The number of halogens is 3. The monoisotopic (exact) mass is 623 g/mol. The minimum Gasteiger partial charge on any atom is -0.472 e. The van der Waals surface area contributed by atoms with Crippen LogP contribution in [0.2, 0.25) is 0 Å². The van der Waals surface area contributed by atoms with Gasteiger partial charge in [-0.25, -0.2) is 18.7 Å². The maximum absolute atomic E-state index is 16.8. The Morgan fingerprint density at radius 1 is 1.18 bits per heavy atom. The van der Waals surface area contributed by atoms with Crippen LogP contribution in [0.5, 0.6) is 5.88 Å². The Kier molecular flexibility index (Phi) is 5.26. The number of hydrogen-bond donors (Lipinski definition) is 2. The van der Waals surface area contributed by atoms with Gasteiger partial charge in [0.15, 0.2) is 5.82 Å². The highest BCUT2D eigenvalue weighted by molar-refractivity contribution is 14.1. The van der Waals surface area contributed by atoms with Gasteiger partial charge in [0.2, 0.25) is 5.88 Å². The van der Waals surface area contributed by atoms with Crippen molar-refractivity contribution < 1.29 is 13.5 Å². The van der Waals surface area contributed by atoms with Gasteiger partial charge in [0.25, 0.3) is 0 Å². The van der Waals surface area contributed by atoms with Crippen molar-refractivity contribution in [3.8, 4) is 29.5 Å². The average molecular weight is 623 g/mol. The lowest BCUT2D eigenvalue weighted by atomic mass is 9.95. The number of aromatic nitrogens is 2. The fraction of sp³-hybridized carbons (Fsp3) is 0.310. The van der Waals surface area contributed by atoms with E-state index in [9.17, 15) is 4.39 Å². The number of pyridine rings is 2. The number of ether oxygens (including phenoxy) is 1. The highest BCUT2D eigenvalue weighted by Crippen LogP contribution is 2.46. The molecular weight excluding hydrogens is 599 g/mol. The number of rotatable bonds is 1. The summed E-state index contributed by atoms with van der Waals surface area (Å²) in [5.41, 5.74) is 7.73. The molecule has 0 saturated carbocycles. The van der Waals surface area contributed by atoms with E-state index in [0.717, 1.165) is 25.1 Å². The molecule has 0 unspecified atom stereocenters. The van der Waals surface area contributed by atoms with Gasteiger partial charge in [-0.05, 0) is 72.9 Å². The van der Waals surface area contributed by atoms with Crippen molar-refractivity contribution in [3.63, 3.8) is 0 Å². The number of anilines is 2. The second kappa shape index (κ2) is 8.38. The van der Waals surface area contributed by atoms with Crippen LogP contribution in [0.15, 0.2) is 24.3 Å². The Morgan fingerprint density at radius 3 is 2.79 bits per heavy atom. The van der Waals surface area contributed by atoms with Crippen LogP contribution < -0.4 is 20.7 Å². The van der Waals surface area contributed by atoms with Crippen molar-refractivity contribution in [2.45, 2.75) is 50.9 Å². The Balaban J connectivity index is 1.58. The van der Waals surface area contributed by atoms with E-state index in [1.54, 1.807) is 18.2 Å². The lowest BCUT2D eigenvalue weighted by Crippen LogP contribution is -2.62. The molecule has 4 aromatic rings. The fourth-order valence-corrected chi connectivity index (χ4v) is 7.18. The van der Waals surface area contributed by atoms with Gasteiger partial charge < -0.3 is 20.7 Å². The molecule has 0 radical (unpaired) electrons. The summed E-state index contributed by atoms with van der Waals surface area (Å²) in [4.78, 5) is 12.0. The number of piperazine rings is 1. The van der Waals surface area contributed by atoms with Gasteiger partial charge in [-0.2, -0.15) is 0 Å². The van der Waals surface area contributed by atoms with Gasteiger partial charge in [-0.3, -0.25) is 0 Å². The van der Waals surface area contributed by atoms with E-state index in [4.69, 9.17) is 26.9 Å². The van der Waals surface area contributed by atoms with Gasteiger partial charge in [0, 0.05) is 44.2 Å². The Labute approximate surface area is 232 Å². The predicted molar refractivity (Wildman–Crippen MR) is 153 cm³/mol. The summed E-state index contributed by atoms with van der Waals surface area (Å²) in [5.74, 6) is 2.35. The molecule has 4 atom stereocenters. The third-order valence-corrected chi connectivity index (χ3v) is 9.46. The van der Waals surface area contributed by atoms with E-state index in [0.29, 0.717) is 54.1 Å². The van der Waals surface area contributed by atoms with E-state index in [-0.39, 0.29) is 29.4 Å². The van der Waals surface area contributed by atoms with Crippen molar-refractivity contribution in [2.75, 3.05) is 17.2 Å². The summed E-state index contributed by atoms with van der Waals surface area (Å²) < 4.78 is 38.8. The normalized spacial score (nSPS) is 23.7. The molecule has 6 nitrogen and oxygen atoms in total. The number of benzene rings is 2. The number of fused-ring (bicyclic) bond motifs is 6. The van der Waals surface area contributed by atoms with Gasteiger partial charge >= 0.3 is 0 Å².